The molecule has 6 nitrogen and oxygen atoms in total. The molecule has 0 aromatic heterocycles. The van der Waals surface area contributed by atoms with Crippen LogP contribution in [-0.4, -0.2) is 25.1 Å². The molecule has 0 atom stereocenters. The Morgan fingerprint density at radius 1 is 1.30 bits per heavy atom. The number of benzene rings is 1. The lowest BCUT2D eigenvalue weighted by molar-refractivity contribution is 0.255. The number of aryl methyl sites for hydroxylation is 1. The lowest BCUT2D eigenvalue weighted by Crippen LogP contribution is -2.42. The number of anilines is 1. The summed E-state index contributed by atoms with van der Waals surface area (Å²) in [5, 5.41) is 15.4. The minimum atomic E-state index is -0.448. The van der Waals surface area contributed by atoms with Crippen molar-refractivity contribution in [1.29, 1.82) is 5.41 Å². The zero-order chi connectivity index (χ0) is 15.1. The van der Waals surface area contributed by atoms with Crippen LogP contribution in [0.25, 0.3) is 0 Å². The summed E-state index contributed by atoms with van der Waals surface area (Å²) in [6.07, 6.45) is 0. The van der Waals surface area contributed by atoms with Crippen molar-refractivity contribution in [1.82, 2.24) is 10.6 Å². The highest BCUT2D eigenvalue weighted by Gasteiger charge is 2.12. The van der Waals surface area contributed by atoms with E-state index in [1.807, 2.05) is 39.8 Å². The Kier molecular flexibility index (Phi) is 5.83. The molecule has 0 saturated heterocycles. The summed E-state index contributed by atoms with van der Waals surface area (Å²) in [6, 6.07) is 3.33. The molecule has 1 aromatic carbocycles. The average molecular weight is 278 g/mol. The number of nitrogens with one attached hydrogen (secondary N) is 4. The third-order valence-electron chi connectivity index (χ3n) is 2.75. The summed E-state index contributed by atoms with van der Waals surface area (Å²) in [4.78, 5) is 11.8. The Morgan fingerprint density at radius 2 is 2.00 bits per heavy atom. The van der Waals surface area contributed by atoms with Crippen molar-refractivity contribution >= 4 is 17.7 Å². The van der Waals surface area contributed by atoms with Gasteiger partial charge in [0.1, 0.15) is 5.75 Å². The maximum Gasteiger partial charge on any atom is 0.326 e. The summed E-state index contributed by atoms with van der Waals surface area (Å²) in [5.74, 6) is 0.719. The van der Waals surface area contributed by atoms with E-state index in [4.69, 9.17) is 10.1 Å². The van der Waals surface area contributed by atoms with Gasteiger partial charge in [-0.15, -0.1) is 0 Å². The summed E-state index contributed by atoms with van der Waals surface area (Å²) < 4.78 is 5.51. The lowest BCUT2D eigenvalue weighted by Gasteiger charge is -2.16. The van der Waals surface area contributed by atoms with E-state index in [-0.39, 0.29) is 5.96 Å². The molecule has 110 valence electrons. The maximum absolute atomic E-state index is 11.8. The minimum absolute atomic E-state index is 0.0266. The number of hydrogen-bond donors (Lipinski definition) is 4. The first-order chi connectivity index (χ1) is 9.49. The van der Waals surface area contributed by atoms with Crippen LogP contribution < -0.4 is 20.7 Å². The van der Waals surface area contributed by atoms with E-state index in [0.717, 1.165) is 16.9 Å². The molecule has 0 spiro atoms. The van der Waals surface area contributed by atoms with Crippen LogP contribution in [0.2, 0.25) is 0 Å². The first-order valence-electron chi connectivity index (χ1n) is 6.63. The van der Waals surface area contributed by atoms with E-state index in [0.29, 0.717) is 18.8 Å². The van der Waals surface area contributed by atoms with Crippen molar-refractivity contribution in [2.45, 2.75) is 27.7 Å². The molecule has 2 amide bonds. The molecule has 0 fully saturated rings. The summed E-state index contributed by atoms with van der Waals surface area (Å²) in [6.45, 7) is 8.72. The molecule has 1 aromatic rings. The average Bonchev–Trinajstić information content (AvgIpc) is 2.38. The fourth-order valence-corrected chi connectivity index (χ4v) is 1.81. The molecule has 0 aliphatic rings. The summed E-state index contributed by atoms with van der Waals surface area (Å²) in [7, 11) is 0. The molecular formula is C14H22N4O2. The highest BCUT2D eigenvalue weighted by Crippen LogP contribution is 2.28. The van der Waals surface area contributed by atoms with E-state index in [9.17, 15) is 4.79 Å². The molecule has 20 heavy (non-hydrogen) atoms. The van der Waals surface area contributed by atoms with Gasteiger partial charge in [-0.2, -0.15) is 0 Å². The van der Waals surface area contributed by atoms with Crippen molar-refractivity contribution in [2.75, 3.05) is 18.5 Å². The number of rotatable bonds is 4. The van der Waals surface area contributed by atoms with E-state index < -0.39 is 6.03 Å². The Labute approximate surface area is 119 Å². The van der Waals surface area contributed by atoms with Crippen LogP contribution in [0.5, 0.6) is 5.75 Å². The fourth-order valence-electron chi connectivity index (χ4n) is 1.81. The van der Waals surface area contributed by atoms with Crippen LogP contribution in [0.15, 0.2) is 12.1 Å². The third kappa shape index (κ3) is 4.15. The Bertz CT molecular complexity index is 500. The molecule has 0 bridgehead atoms. The van der Waals surface area contributed by atoms with Crippen molar-refractivity contribution in [3.05, 3.63) is 23.3 Å². The monoisotopic (exact) mass is 278 g/mol. The number of hydrogen-bond acceptors (Lipinski definition) is 3. The number of carbonyl (C=O) groups excluding carboxylic acids is 1. The quantitative estimate of drug-likeness (QED) is 0.504. The van der Waals surface area contributed by atoms with Gasteiger partial charge in [-0.3, -0.25) is 10.7 Å². The highest BCUT2D eigenvalue weighted by atomic mass is 16.5. The van der Waals surface area contributed by atoms with Crippen molar-refractivity contribution in [3.8, 4) is 5.75 Å². The Morgan fingerprint density at radius 3 is 2.60 bits per heavy atom. The normalized spacial score (nSPS) is 9.80. The van der Waals surface area contributed by atoms with Gasteiger partial charge in [0.25, 0.3) is 0 Å². The standard InChI is InChI=1S/C14H22N4O2/c1-5-16-13(15)18-14(19)17-12-9(3)7-8-11(10(12)4)20-6-2/h7-8H,5-6H2,1-4H3,(H4,15,16,17,18,19). The first-order valence-corrected chi connectivity index (χ1v) is 6.63. The van der Waals surface area contributed by atoms with Crippen LogP contribution in [-0.2, 0) is 0 Å². The topological polar surface area (TPSA) is 86.2 Å². The zero-order valence-electron chi connectivity index (χ0n) is 12.4. The summed E-state index contributed by atoms with van der Waals surface area (Å²) in [5.41, 5.74) is 2.52. The van der Waals surface area contributed by atoms with Gasteiger partial charge >= 0.3 is 6.03 Å². The number of carbonyl (C=O) groups is 1. The maximum atomic E-state index is 11.8. The highest BCUT2D eigenvalue weighted by molar-refractivity contribution is 6.02. The van der Waals surface area contributed by atoms with E-state index in [1.165, 1.54) is 0 Å². The second-order valence-electron chi connectivity index (χ2n) is 4.30. The molecule has 4 N–H and O–H groups in total. The SMILES string of the molecule is CCNC(=N)NC(=O)Nc1c(C)ccc(OCC)c1C. The van der Waals surface area contributed by atoms with Gasteiger partial charge in [-0.1, -0.05) is 6.07 Å². The van der Waals surface area contributed by atoms with Gasteiger partial charge in [0.15, 0.2) is 5.96 Å². The lowest BCUT2D eigenvalue weighted by atomic mass is 10.1. The summed E-state index contributed by atoms with van der Waals surface area (Å²) >= 11 is 0. The fraction of sp³-hybridized carbons (Fsp3) is 0.429. The Hall–Kier alpha value is -2.24. The molecule has 6 heteroatoms. The number of guanidine groups is 1. The first kappa shape index (κ1) is 15.8. The number of ether oxygens (including phenoxy) is 1. The van der Waals surface area contributed by atoms with Crippen LogP contribution in [0.1, 0.15) is 25.0 Å². The molecule has 0 heterocycles. The third-order valence-corrected chi connectivity index (χ3v) is 2.75. The Balaban J connectivity index is 2.83. The van der Waals surface area contributed by atoms with E-state index in [1.54, 1.807) is 0 Å². The molecule has 0 unspecified atom stereocenters. The van der Waals surface area contributed by atoms with Crippen LogP contribution in [0, 0.1) is 19.3 Å². The van der Waals surface area contributed by atoms with Crippen LogP contribution in [0.3, 0.4) is 0 Å². The van der Waals surface area contributed by atoms with Gasteiger partial charge in [0, 0.05) is 12.1 Å². The van der Waals surface area contributed by atoms with Crippen molar-refractivity contribution in [2.24, 2.45) is 0 Å². The molecular weight excluding hydrogens is 256 g/mol. The zero-order valence-corrected chi connectivity index (χ0v) is 12.4. The predicted molar refractivity (Wildman–Crippen MR) is 80.6 cm³/mol. The second kappa shape index (κ2) is 7.37. The van der Waals surface area contributed by atoms with Crippen molar-refractivity contribution < 1.29 is 9.53 Å². The molecule has 0 aliphatic heterocycles. The molecule has 0 radical (unpaired) electrons. The molecule has 1 rings (SSSR count). The van der Waals surface area contributed by atoms with Gasteiger partial charge in [-0.25, -0.2) is 4.79 Å². The van der Waals surface area contributed by atoms with Gasteiger partial charge < -0.3 is 15.4 Å². The van der Waals surface area contributed by atoms with Gasteiger partial charge in [0.2, 0.25) is 0 Å². The largest absolute Gasteiger partial charge is 0.494 e. The van der Waals surface area contributed by atoms with Crippen LogP contribution >= 0.6 is 0 Å². The number of amides is 2. The minimum Gasteiger partial charge on any atom is -0.494 e. The van der Waals surface area contributed by atoms with Crippen molar-refractivity contribution in [3.63, 3.8) is 0 Å². The molecule has 0 saturated carbocycles. The van der Waals surface area contributed by atoms with E-state index >= 15 is 0 Å². The van der Waals surface area contributed by atoms with E-state index in [2.05, 4.69) is 16.0 Å². The van der Waals surface area contributed by atoms with Gasteiger partial charge in [0.05, 0.1) is 12.3 Å². The smallest absolute Gasteiger partial charge is 0.326 e. The number of urea groups is 1. The predicted octanol–water partition coefficient (Wildman–Crippen LogP) is 2.37. The van der Waals surface area contributed by atoms with Crippen LogP contribution in [0.4, 0.5) is 10.5 Å². The second-order valence-corrected chi connectivity index (χ2v) is 4.30. The molecule has 0 aliphatic carbocycles. The van der Waals surface area contributed by atoms with Gasteiger partial charge in [-0.05, 0) is 39.3 Å².